The molecule has 3 aromatic heterocycles. The Morgan fingerprint density at radius 3 is 2.97 bits per heavy atom. The van der Waals surface area contributed by atoms with Gasteiger partial charge in [-0.3, -0.25) is 9.88 Å². The quantitative estimate of drug-likeness (QED) is 0.520. The maximum Gasteiger partial charge on any atom is 0.171 e. The van der Waals surface area contributed by atoms with E-state index >= 15 is 0 Å². The molecule has 158 valence electrons. The molecule has 0 amide bonds. The number of pyridine rings is 1. The number of rotatable bonds is 5. The van der Waals surface area contributed by atoms with Crippen LogP contribution < -0.4 is 5.32 Å². The number of fused-ring (bicyclic) bond motifs is 1. The number of piperidine rings is 1. The molecular formula is C22H26BrClN6. The molecule has 6 nitrogen and oxygen atoms in total. The molecule has 1 saturated carbocycles. The summed E-state index contributed by atoms with van der Waals surface area (Å²) >= 11 is 10.0. The summed E-state index contributed by atoms with van der Waals surface area (Å²) in [5.41, 5.74) is 3.14. The molecule has 0 aromatic carbocycles. The number of aromatic nitrogens is 4. The number of anilines is 1. The first-order valence-electron chi connectivity index (χ1n) is 10.7. The molecule has 3 atom stereocenters. The SMILES string of the molecule is ClC1CCC(N2CCCC(c3cc(NCc4cccnc4)n4ncc(Br)c4n3)C2)C1. The molecule has 1 saturated heterocycles. The van der Waals surface area contributed by atoms with Crippen molar-refractivity contribution in [3.05, 3.63) is 52.5 Å². The second-order valence-electron chi connectivity index (χ2n) is 8.41. The van der Waals surface area contributed by atoms with E-state index < -0.39 is 0 Å². The third-order valence-electron chi connectivity index (χ3n) is 6.37. The summed E-state index contributed by atoms with van der Waals surface area (Å²) in [5.74, 6) is 1.39. The second-order valence-corrected chi connectivity index (χ2v) is 9.88. The Kier molecular flexibility index (Phi) is 5.94. The summed E-state index contributed by atoms with van der Waals surface area (Å²) in [4.78, 5) is 11.9. The van der Waals surface area contributed by atoms with Crippen LogP contribution in [0.3, 0.4) is 0 Å². The maximum atomic E-state index is 6.39. The van der Waals surface area contributed by atoms with Crippen LogP contribution in [0.25, 0.3) is 5.65 Å². The highest BCUT2D eigenvalue weighted by molar-refractivity contribution is 9.10. The van der Waals surface area contributed by atoms with Crippen molar-refractivity contribution in [2.45, 2.75) is 56.0 Å². The number of hydrogen-bond acceptors (Lipinski definition) is 5. The Balaban J connectivity index is 1.40. The molecule has 2 fully saturated rings. The van der Waals surface area contributed by atoms with Crippen LogP contribution in [0.1, 0.15) is 49.3 Å². The molecule has 1 N–H and O–H groups in total. The molecule has 3 aromatic rings. The predicted octanol–water partition coefficient (Wildman–Crippen LogP) is 4.84. The summed E-state index contributed by atoms with van der Waals surface area (Å²) in [7, 11) is 0. The van der Waals surface area contributed by atoms with E-state index in [4.69, 9.17) is 16.6 Å². The van der Waals surface area contributed by atoms with Crippen LogP contribution in [0.5, 0.6) is 0 Å². The van der Waals surface area contributed by atoms with E-state index in [1.54, 1.807) is 6.20 Å². The molecule has 0 spiro atoms. The van der Waals surface area contributed by atoms with Gasteiger partial charge < -0.3 is 5.32 Å². The first kappa shape index (κ1) is 20.2. The van der Waals surface area contributed by atoms with E-state index in [9.17, 15) is 0 Å². The fraction of sp³-hybridized carbons (Fsp3) is 0.500. The smallest absolute Gasteiger partial charge is 0.171 e. The van der Waals surface area contributed by atoms with Crippen molar-refractivity contribution in [2.75, 3.05) is 18.4 Å². The van der Waals surface area contributed by atoms with Crippen molar-refractivity contribution >= 4 is 39.0 Å². The van der Waals surface area contributed by atoms with E-state index in [1.807, 2.05) is 23.0 Å². The number of likely N-dealkylation sites (tertiary alicyclic amines) is 1. The summed E-state index contributed by atoms with van der Waals surface area (Å²) in [6.45, 7) is 2.93. The van der Waals surface area contributed by atoms with Gasteiger partial charge in [-0.05, 0) is 66.2 Å². The minimum atomic E-state index is 0.343. The molecule has 3 unspecified atom stereocenters. The van der Waals surface area contributed by atoms with Crippen LogP contribution >= 0.6 is 27.5 Å². The summed E-state index contributed by atoms with van der Waals surface area (Å²) < 4.78 is 2.79. The van der Waals surface area contributed by atoms with Gasteiger partial charge in [0.05, 0.1) is 16.4 Å². The van der Waals surface area contributed by atoms with Crippen LogP contribution in [-0.4, -0.2) is 49.0 Å². The Hall–Kier alpha value is -1.70. The van der Waals surface area contributed by atoms with Gasteiger partial charge in [0.1, 0.15) is 5.82 Å². The third kappa shape index (κ3) is 4.20. The van der Waals surface area contributed by atoms with Crippen LogP contribution in [-0.2, 0) is 6.54 Å². The van der Waals surface area contributed by atoms with E-state index in [0.717, 1.165) is 46.6 Å². The van der Waals surface area contributed by atoms with Crippen LogP contribution in [0.15, 0.2) is 41.3 Å². The lowest BCUT2D eigenvalue weighted by atomic mass is 9.93. The Morgan fingerprint density at radius 2 is 2.17 bits per heavy atom. The van der Waals surface area contributed by atoms with E-state index in [0.29, 0.717) is 23.9 Å². The Labute approximate surface area is 190 Å². The highest BCUT2D eigenvalue weighted by Crippen LogP contribution is 2.34. The number of nitrogens with one attached hydrogen (secondary N) is 1. The second kappa shape index (κ2) is 8.81. The van der Waals surface area contributed by atoms with Crippen molar-refractivity contribution in [1.29, 1.82) is 0 Å². The van der Waals surface area contributed by atoms with Gasteiger partial charge in [-0.1, -0.05) is 6.07 Å². The van der Waals surface area contributed by atoms with Gasteiger partial charge in [-0.2, -0.15) is 9.61 Å². The standard InChI is InChI=1S/C22H26BrClN6/c23-19-13-27-30-21(26-12-15-3-1-7-25-11-15)10-20(28-22(19)30)16-4-2-8-29(14-16)18-6-5-17(24)9-18/h1,3,7,10-11,13,16-18,26H,2,4-6,8-9,12,14H2. The largest absolute Gasteiger partial charge is 0.366 e. The number of hydrogen-bond donors (Lipinski definition) is 1. The molecule has 1 aliphatic carbocycles. The van der Waals surface area contributed by atoms with Crippen LogP contribution in [0, 0.1) is 0 Å². The van der Waals surface area contributed by atoms with Crippen molar-refractivity contribution in [3.8, 4) is 0 Å². The first-order chi connectivity index (χ1) is 14.7. The first-order valence-corrected chi connectivity index (χ1v) is 12.0. The Morgan fingerprint density at radius 1 is 1.23 bits per heavy atom. The lowest BCUT2D eigenvalue weighted by molar-refractivity contribution is 0.149. The summed E-state index contributed by atoms with van der Waals surface area (Å²) in [6, 6.07) is 6.84. The molecule has 1 aliphatic heterocycles. The fourth-order valence-electron chi connectivity index (χ4n) is 4.80. The monoisotopic (exact) mass is 488 g/mol. The molecule has 4 heterocycles. The van der Waals surface area contributed by atoms with Gasteiger partial charge in [-0.25, -0.2) is 4.98 Å². The van der Waals surface area contributed by atoms with Gasteiger partial charge in [0, 0.05) is 48.9 Å². The van der Waals surface area contributed by atoms with Crippen LogP contribution in [0.2, 0.25) is 0 Å². The molecule has 5 rings (SSSR count). The molecule has 2 aliphatic rings. The number of halogens is 2. The van der Waals surface area contributed by atoms with Gasteiger partial charge in [0.25, 0.3) is 0 Å². The van der Waals surface area contributed by atoms with Crippen molar-refractivity contribution in [1.82, 2.24) is 24.5 Å². The minimum Gasteiger partial charge on any atom is -0.366 e. The highest BCUT2D eigenvalue weighted by Gasteiger charge is 2.32. The zero-order valence-corrected chi connectivity index (χ0v) is 19.2. The zero-order chi connectivity index (χ0) is 20.5. The van der Waals surface area contributed by atoms with Crippen molar-refractivity contribution in [2.24, 2.45) is 0 Å². The summed E-state index contributed by atoms with van der Waals surface area (Å²) in [5, 5.41) is 8.39. The third-order valence-corrected chi connectivity index (χ3v) is 7.33. The highest BCUT2D eigenvalue weighted by atomic mass is 79.9. The van der Waals surface area contributed by atoms with Gasteiger partial charge in [0.15, 0.2) is 5.65 Å². The minimum absolute atomic E-state index is 0.343. The van der Waals surface area contributed by atoms with Gasteiger partial charge in [0.2, 0.25) is 0 Å². The number of nitrogens with zero attached hydrogens (tertiary/aromatic N) is 5. The topological polar surface area (TPSA) is 58.4 Å². The van der Waals surface area contributed by atoms with Crippen molar-refractivity contribution < 1.29 is 0 Å². The zero-order valence-electron chi connectivity index (χ0n) is 16.8. The van der Waals surface area contributed by atoms with Crippen LogP contribution in [0.4, 0.5) is 5.82 Å². The summed E-state index contributed by atoms with van der Waals surface area (Å²) in [6.07, 6.45) is 11.4. The molecule has 30 heavy (non-hydrogen) atoms. The molecule has 0 radical (unpaired) electrons. The van der Waals surface area contributed by atoms with E-state index in [1.165, 1.54) is 25.8 Å². The van der Waals surface area contributed by atoms with Gasteiger partial charge in [-0.15, -0.1) is 11.6 Å². The maximum absolute atomic E-state index is 6.39. The Bertz CT molecular complexity index is 1010. The average molecular weight is 490 g/mol. The lowest BCUT2D eigenvalue weighted by Gasteiger charge is -2.36. The normalized spacial score (nSPS) is 25.1. The lowest BCUT2D eigenvalue weighted by Crippen LogP contribution is -2.41. The molecular weight excluding hydrogens is 464 g/mol. The predicted molar refractivity (Wildman–Crippen MR) is 123 cm³/mol. The molecule has 8 heteroatoms. The van der Waals surface area contributed by atoms with Gasteiger partial charge >= 0.3 is 0 Å². The van der Waals surface area contributed by atoms with E-state index in [2.05, 4.69) is 48.4 Å². The molecule has 0 bridgehead atoms. The van der Waals surface area contributed by atoms with Crippen molar-refractivity contribution in [3.63, 3.8) is 0 Å². The average Bonchev–Trinajstić information content (AvgIpc) is 3.39. The van der Waals surface area contributed by atoms with E-state index in [-0.39, 0.29) is 0 Å². The number of alkyl halides is 1. The fourth-order valence-corrected chi connectivity index (χ4v) is 5.48.